The summed E-state index contributed by atoms with van der Waals surface area (Å²) in [6, 6.07) is 21.0. The van der Waals surface area contributed by atoms with Crippen molar-refractivity contribution in [3.05, 3.63) is 66.2 Å². The van der Waals surface area contributed by atoms with Crippen molar-refractivity contribution in [3.63, 3.8) is 0 Å². The zero-order valence-corrected chi connectivity index (χ0v) is 16.8. The van der Waals surface area contributed by atoms with Crippen LogP contribution in [0.1, 0.15) is 24.5 Å². The summed E-state index contributed by atoms with van der Waals surface area (Å²) >= 11 is 1.85. The molecule has 0 bridgehead atoms. The van der Waals surface area contributed by atoms with Gasteiger partial charge >= 0.3 is 0 Å². The average Bonchev–Trinajstić information content (AvgIpc) is 2.75. The lowest BCUT2D eigenvalue weighted by atomic mass is 9.89. The van der Waals surface area contributed by atoms with E-state index in [9.17, 15) is 0 Å². The van der Waals surface area contributed by atoms with Crippen molar-refractivity contribution in [3.8, 4) is 0 Å². The molecule has 0 saturated carbocycles. The van der Waals surface area contributed by atoms with Crippen molar-refractivity contribution in [1.82, 2.24) is 10.6 Å². The largest absolute Gasteiger partial charge is 0.373 e. The Morgan fingerprint density at radius 3 is 2.56 bits per heavy atom. The molecule has 2 aromatic rings. The van der Waals surface area contributed by atoms with Gasteiger partial charge < -0.3 is 15.4 Å². The minimum atomic E-state index is 0.166. The Labute approximate surface area is 166 Å². The van der Waals surface area contributed by atoms with Gasteiger partial charge in [-0.05, 0) is 30.5 Å². The highest BCUT2D eigenvalue weighted by Gasteiger charge is 2.27. The van der Waals surface area contributed by atoms with Gasteiger partial charge in [-0.3, -0.25) is 4.99 Å². The molecule has 3 rings (SSSR count). The molecule has 0 amide bonds. The van der Waals surface area contributed by atoms with Crippen LogP contribution in [0.5, 0.6) is 0 Å². The van der Waals surface area contributed by atoms with Gasteiger partial charge in [-0.1, -0.05) is 48.5 Å². The van der Waals surface area contributed by atoms with E-state index in [2.05, 4.69) is 70.2 Å². The monoisotopic (exact) mass is 383 g/mol. The van der Waals surface area contributed by atoms with Crippen molar-refractivity contribution in [1.29, 1.82) is 0 Å². The number of nitrogens with one attached hydrogen (secondary N) is 2. The van der Waals surface area contributed by atoms with E-state index in [0.717, 1.165) is 37.8 Å². The smallest absolute Gasteiger partial charge is 0.191 e. The number of benzene rings is 2. The van der Waals surface area contributed by atoms with E-state index in [1.807, 2.05) is 24.9 Å². The van der Waals surface area contributed by atoms with Crippen LogP contribution in [0.2, 0.25) is 0 Å². The molecule has 1 heterocycles. The molecule has 1 aliphatic rings. The van der Waals surface area contributed by atoms with Gasteiger partial charge in [0.25, 0.3) is 0 Å². The summed E-state index contributed by atoms with van der Waals surface area (Å²) in [7, 11) is 1.83. The highest BCUT2D eigenvalue weighted by molar-refractivity contribution is 7.99. The zero-order chi connectivity index (χ0) is 18.7. The summed E-state index contributed by atoms with van der Waals surface area (Å²) in [6.07, 6.45) is 2.46. The first-order valence-electron chi connectivity index (χ1n) is 9.65. The topological polar surface area (TPSA) is 45.7 Å². The lowest BCUT2D eigenvalue weighted by Gasteiger charge is -2.32. The fourth-order valence-corrected chi connectivity index (χ4v) is 4.16. The van der Waals surface area contributed by atoms with Crippen LogP contribution in [0.25, 0.3) is 0 Å². The second-order valence-corrected chi connectivity index (χ2v) is 7.81. The van der Waals surface area contributed by atoms with Crippen LogP contribution >= 0.6 is 11.8 Å². The van der Waals surface area contributed by atoms with Crippen LogP contribution in [0, 0.1) is 5.92 Å². The van der Waals surface area contributed by atoms with Crippen molar-refractivity contribution in [2.75, 3.05) is 32.5 Å². The third-order valence-electron chi connectivity index (χ3n) is 4.73. The number of nitrogens with zero attached hydrogens (tertiary/aromatic N) is 1. The number of aliphatic imine (C=N–C) groups is 1. The van der Waals surface area contributed by atoms with Gasteiger partial charge in [-0.2, -0.15) is 0 Å². The van der Waals surface area contributed by atoms with Crippen LogP contribution in [0.15, 0.2) is 70.6 Å². The summed E-state index contributed by atoms with van der Waals surface area (Å²) < 4.78 is 6.09. The number of rotatable bonds is 7. The molecule has 2 aromatic carbocycles. The molecule has 0 aliphatic carbocycles. The number of hydrogen-bond acceptors (Lipinski definition) is 3. The summed E-state index contributed by atoms with van der Waals surface area (Å²) in [5, 5.41) is 6.90. The molecule has 2 unspecified atom stereocenters. The van der Waals surface area contributed by atoms with Crippen LogP contribution in [0.3, 0.4) is 0 Å². The predicted octanol–water partition coefficient (Wildman–Crippen LogP) is 4.11. The first kappa shape index (κ1) is 19.8. The summed E-state index contributed by atoms with van der Waals surface area (Å²) in [5.74, 6) is 2.32. The normalized spacial score (nSPS) is 20.3. The van der Waals surface area contributed by atoms with Crippen LogP contribution in [-0.2, 0) is 4.74 Å². The second kappa shape index (κ2) is 11.0. The molecule has 4 nitrogen and oxygen atoms in total. The SMILES string of the molecule is CN=C(NCCSc1ccccc1)NCC1CCCOC1c1ccccc1. The molecule has 2 N–H and O–H groups in total. The van der Waals surface area contributed by atoms with E-state index in [1.54, 1.807) is 0 Å². The van der Waals surface area contributed by atoms with E-state index in [-0.39, 0.29) is 6.10 Å². The zero-order valence-electron chi connectivity index (χ0n) is 15.9. The summed E-state index contributed by atoms with van der Waals surface area (Å²) in [5.41, 5.74) is 1.27. The van der Waals surface area contributed by atoms with Crippen molar-refractivity contribution < 1.29 is 4.74 Å². The maximum Gasteiger partial charge on any atom is 0.191 e. The minimum Gasteiger partial charge on any atom is -0.373 e. The molecule has 0 radical (unpaired) electrons. The third kappa shape index (κ3) is 6.29. The lowest BCUT2D eigenvalue weighted by Crippen LogP contribution is -2.42. The molecule has 5 heteroatoms. The lowest BCUT2D eigenvalue weighted by molar-refractivity contribution is -0.0265. The van der Waals surface area contributed by atoms with Gasteiger partial charge in [0.2, 0.25) is 0 Å². The molecule has 1 fully saturated rings. The average molecular weight is 384 g/mol. The third-order valence-corrected chi connectivity index (χ3v) is 5.75. The Morgan fingerprint density at radius 1 is 1.07 bits per heavy atom. The molecule has 1 aliphatic heterocycles. The maximum atomic E-state index is 6.09. The highest BCUT2D eigenvalue weighted by Crippen LogP contribution is 2.33. The maximum absolute atomic E-state index is 6.09. The van der Waals surface area contributed by atoms with E-state index < -0.39 is 0 Å². The summed E-state index contributed by atoms with van der Waals surface area (Å²) in [6.45, 7) is 2.59. The minimum absolute atomic E-state index is 0.166. The van der Waals surface area contributed by atoms with Gasteiger partial charge in [0.05, 0.1) is 6.10 Å². The number of hydrogen-bond donors (Lipinski definition) is 2. The van der Waals surface area contributed by atoms with Crippen molar-refractivity contribution in [2.45, 2.75) is 23.8 Å². The van der Waals surface area contributed by atoms with Gasteiger partial charge in [0.15, 0.2) is 5.96 Å². The Bertz CT molecular complexity index is 693. The van der Waals surface area contributed by atoms with Crippen molar-refractivity contribution in [2.24, 2.45) is 10.9 Å². The van der Waals surface area contributed by atoms with Gasteiger partial charge in [-0.25, -0.2) is 0 Å². The molecule has 144 valence electrons. The quantitative estimate of drug-likeness (QED) is 0.327. The fourth-order valence-electron chi connectivity index (χ4n) is 3.37. The number of guanidine groups is 1. The first-order chi connectivity index (χ1) is 13.4. The molecule has 27 heavy (non-hydrogen) atoms. The molecule has 2 atom stereocenters. The van der Waals surface area contributed by atoms with Crippen LogP contribution in [-0.4, -0.2) is 38.5 Å². The van der Waals surface area contributed by atoms with Gasteiger partial charge in [0, 0.05) is 43.3 Å². The van der Waals surface area contributed by atoms with Crippen molar-refractivity contribution >= 4 is 17.7 Å². The van der Waals surface area contributed by atoms with Gasteiger partial charge in [0.1, 0.15) is 0 Å². The van der Waals surface area contributed by atoms with E-state index >= 15 is 0 Å². The van der Waals surface area contributed by atoms with Crippen LogP contribution < -0.4 is 10.6 Å². The Balaban J connectivity index is 1.44. The molecule has 0 spiro atoms. The van der Waals surface area contributed by atoms with E-state index in [1.165, 1.54) is 16.9 Å². The van der Waals surface area contributed by atoms with Crippen LogP contribution in [0.4, 0.5) is 0 Å². The standard InChI is InChI=1S/C22H29N3OS/c1-23-22(24-14-16-27-20-12-6-3-7-13-20)25-17-19-11-8-15-26-21(19)18-9-4-2-5-10-18/h2-7,9-10,12-13,19,21H,8,11,14-17H2,1H3,(H2,23,24,25). The highest BCUT2D eigenvalue weighted by atomic mass is 32.2. The Kier molecular flexibility index (Phi) is 8.05. The van der Waals surface area contributed by atoms with E-state index in [0.29, 0.717) is 5.92 Å². The molecule has 0 aromatic heterocycles. The van der Waals surface area contributed by atoms with Gasteiger partial charge in [-0.15, -0.1) is 11.8 Å². The Morgan fingerprint density at radius 2 is 1.81 bits per heavy atom. The molecule has 1 saturated heterocycles. The predicted molar refractivity (Wildman–Crippen MR) is 114 cm³/mol. The number of thioether (sulfide) groups is 1. The first-order valence-corrected chi connectivity index (χ1v) is 10.6. The summed E-state index contributed by atoms with van der Waals surface area (Å²) in [4.78, 5) is 5.66. The fraction of sp³-hybridized carbons (Fsp3) is 0.409. The molecular formula is C22H29N3OS. The second-order valence-electron chi connectivity index (χ2n) is 6.65. The number of ether oxygens (including phenoxy) is 1. The van der Waals surface area contributed by atoms with E-state index in [4.69, 9.17) is 4.74 Å². The Hall–Kier alpha value is -1.98. The molecular weight excluding hydrogens is 354 g/mol.